The van der Waals surface area contributed by atoms with E-state index in [1.807, 2.05) is 0 Å². The zero-order valence-electron chi connectivity index (χ0n) is 9.46. The van der Waals surface area contributed by atoms with Gasteiger partial charge in [-0.2, -0.15) is 0 Å². The van der Waals surface area contributed by atoms with Crippen LogP contribution in [0.2, 0.25) is 0 Å². The fraction of sp³-hybridized carbons (Fsp3) is 0.538. The van der Waals surface area contributed by atoms with Crippen molar-refractivity contribution in [2.24, 2.45) is 0 Å². The Morgan fingerprint density at radius 1 is 1.40 bits per heavy atom. The van der Waals surface area contributed by atoms with Crippen molar-refractivity contribution in [3.63, 3.8) is 0 Å². The first-order valence-corrected chi connectivity index (χ1v) is 6.73. The van der Waals surface area contributed by atoms with E-state index < -0.39 is 0 Å². The Bertz CT molecular complexity index is 344. The molecule has 2 heteroatoms. The van der Waals surface area contributed by atoms with Crippen LogP contribution in [0.4, 0.5) is 5.69 Å². The number of hydrogen-bond acceptors (Lipinski definition) is 1. The van der Waals surface area contributed by atoms with E-state index in [2.05, 4.69) is 53.0 Å². The Morgan fingerprint density at radius 3 is 2.60 bits per heavy atom. The van der Waals surface area contributed by atoms with Crippen molar-refractivity contribution in [1.29, 1.82) is 0 Å². The van der Waals surface area contributed by atoms with Crippen LogP contribution in [0.15, 0.2) is 18.2 Å². The Morgan fingerprint density at radius 2 is 2.13 bits per heavy atom. The lowest BCUT2D eigenvalue weighted by molar-refractivity contribution is 0.401. The molecule has 15 heavy (non-hydrogen) atoms. The van der Waals surface area contributed by atoms with Crippen LogP contribution < -0.4 is 4.90 Å². The number of alkyl halides is 1. The van der Waals surface area contributed by atoms with Crippen LogP contribution in [0.25, 0.3) is 0 Å². The van der Waals surface area contributed by atoms with Gasteiger partial charge < -0.3 is 4.90 Å². The van der Waals surface area contributed by atoms with Crippen molar-refractivity contribution in [1.82, 2.24) is 0 Å². The SMILES string of the molecule is Cc1cc(N(C)C2CCC2)ccc1CBr. The molecule has 1 nitrogen and oxygen atoms in total. The average Bonchev–Trinajstić information content (AvgIpc) is 2.15. The largest absolute Gasteiger partial charge is 0.372 e. The average molecular weight is 268 g/mol. The standard InChI is InChI=1S/C13H18BrN/c1-10-8-13(7-6-11(10)9-14)15(2)12-4-3-5-12/h6-8,12H,3-5,9H2,1-2H3. The number of nitrogens with zero attached hydrogens (tertiary/aromatic N) is 1. The van der Waals surface area contributed by atoms with Crippen molar-refractivity contribution >= 4 is 21.6 Å². The summed E-state index contributed by atoms with van der Waals surface area (Å²) < 4.78 is 0. The molecule has 82 valence electrons. The van der Waals surface area contributed by atoms with Gasteiger partial charge in [0, 0.05) is 24.1 Å². The maximum atomic E-state index is 3.51. The van der Waals surface area contributed by atoms with Crippen molar-refractivity contribution in [2.45, 2.75) is 37.6 Å². The second kappa shape index (κ2) is 4.56. The van der Waals surface area contributed by atoms with E-state index in [4.69, 9.17) is 0 Å². The van der Waals surface area contributed by atoms with Crippen LogP contribution in [0.1, 0.15) is 30.4 Å². The third kappa shape index (κ3) is 2.20. The van der Waals surface area contributed by atoms with Crippen LogP contribution in [0.3, 0.4) is 0 Å². The summed E-state index contributed by atoms with van der Waals surface area (Å²) in [6.45, 7) is 2.19. The van der Waals surface area contributed by atoms with Crippen LogP contribution in [-0.2, 0) is 5.33 Å². The zero-order valence-corrected chi connectivity index (χ0v) is 11.0. The number of halogens is 1. The van der Waals surface area contributed by atoms with E-state index >= 15 is 0 Å². The molecule has 0 aromatic heterocycles. The summed E-state index contributed by atoms with van der Waals surface area (Å²) in [4.78, 5) is 2.43. The lowest BCUT2D eigenvalue weighted by Crippen LogP contribution is -2.37. The maximum absolute atomic E-state index is 3.51. The Labute approximate surface area is 101 Å². The molecule has 0 radical (unpaired) electrons. The maximum Gasteiger partial charge on any atom is 0.0368 e. The highest BCUT2D eigenvalue weighted by atomic mass is 79.9. The summed E-state index contributed by atoms with van der Waals surface area (Å²) in [6.07, 6.45) is 4.11. The zero-order chi connectivity index (χ0) is 10.8. The molecule has 2 rings (SSSR count). The van der Waals surface area contributed by atoms with Crippen LogP contribution in [0, 0.1) is 6.92 Å². The van der Waals surface area contributed by atoms with E-state index in [1.165, 1.54) is 36.1 Å². The summed E-state index contributed by atoms with van der Waals surface area (Å²) in [6, 6.07) is 7.55. The van der Waals surface area contributed by atoms with Crippen LogP contribution in [-0.4, -0.2) is 13.1 Å². The van der Waals surface area contributed by atoms with Gasteiger partial charge in [0.2, 0.25) is 0 Å². The molecule has 0 aliphatic heterocycles. The molecular formula is C13H18BrN. The molecule has 0 spiro atoms. The molecule has 0 saturated heterocycles. The third-order valence-electron chi connectivity index (χ3n) is 3.50. The first-order valence-electron chi connectivity index (χ1n) is 5.60. The highest BCUT2D eigenvalue weighted by molar-refractivity contribution is 9.08. The lowest BCUT2D eigenvalue weighted by atomic mass is 9.91. The van der Waals surface area contributed by atoms with Gasteiger partial charge >= 0.3 is 0 Å². The van der Waals surface area contributed by atoms with Gasteiger partial charge in [0.25, 0.3) is 0 Å². The first kappa shape index (κ1) is 11.0. The number of aryl methyl sites for hydroxylation is 1. The molecule has 0 atom stereocenters. The molecule has 0 N–H and O–H groups in total. The van der Waals surface area contributed by atoms with Crippen molar-refractivity contribution in [3.05, 3.63) is 29.3 Å². The quantitative estimate of drug-likeness (QED) is 0.752. The first-order chi connectivity index (χ1) is 7.22. The minimum absolute atomic E-state index is 0.777. The normalized spacial score (nSPS) is 16.2. The van der Waals surface area contributed by atoms with E-state index in [1.54, 1.807) is 0 Å². The Hall–Kier alpha value is -0.500. The van der Waals surface area contributed by atoms with Crippen LogP contribution in [0.5, 0.6) is 0 Å². The van der Waals surface area contributed by atoms with Gasteiger partial charge in [-0.05, 0) is 49.4 Å². The van der Waals surface area contributed by atoms with Gasteiger partial charge in [-0.25, -0.2) is 0 Å². The molecule has 1 fully saturated rings. The van der Waals surface area contributed by atoms with Gasteiger partial charge in [0.05, 0.1) is 0 Å². The van der Waals surface area contributed by atoms with E-state index in [9.17, 15) is 0 Å². The number of rotatable bonds is 3. The molecule has 1 aliphatic rings. The Kier molecular flexibility index (Phi) is 3.35. The minimum Gasteiger partial charge on any atom is -0.372 e. The smallest absolute Gasteiger partial charge is 0.0368 e. The van der Waals surface area contributed by atoms with Crippen molar-refractivity contribution < 1.29 is 0 Å². The van der Waals surface area contributed by atoms with E-state index in [0.29, 0.717) is 0 Å². The topological polar surface area (TPSA) is 3.24 Å². The molecule has 0 amide bonds. The van der Waals surface area contributed by atoms with Crippen molar-refractivity contribution in [2.75, 3.05) is 11.9 Å². The summed E-state index contributed by atoms with van der Waals surface area (Å²) >= 11 is 3.51. The molecule has 0 unspecified atom stereocenters. The van der Waals surface area contributed by atoms with Gasteiger partial charge in [-0.1, -0.05) is 22.0 Å². The highest BCUT2D eigenvalue weighted by Crippen LogP contribution is 2.29. The monoisotopic (exact) mass is 267 g/mol. The van der Waals surface area contributed by atoms with Gasteiger partial charge in [-0.15, -0.1) is 0 Å². The summed E-state index contributed by atoms with van der Waals surface area (Å²) in [5.74, 6) is 0. The number of benzene rings is 1. The van der Waals surface area contributed by atoms with Gasteiger partial charge in [-0.3, -0.25) is 0 Å². The third-order valence-corrected chi connectivity index (χ3v) is 4.10. The summed E-state index contributed by atoms with van der Waals surface area (Å²) in [5, 5.41) is 0.951. The summed E-state index contributed by atoms with van der Waals surface area (Å²) in [7, 11) is 2.21. The lowest BCUT2D eigenvalue weighted by Gasteiger charge is -2.36. The molecule has 1 saturated carbocycles. The predicted octanol–water partition coefficient (Wildman–Crippen LogP) is 3.88. The fourth-order valence-corrected chi connectivity index (χ4v) is 2.66. The van der Waals surface area contributed by atoms with E-state index in [-0.39, 0.29) is 0 Å². The predicted molar refractivity (Wildman–Crippen MR) is 69.9 cm³/mol. The molecule has 0 bridgehead atoms. The minimum atomic E-state index is 0.777. The molecule has 0 heterocycles. The molecular weight excluding hydrogens is 250 g/mol. The molecule has 1 aliphatic carbocycles. The van der Waals surface area contributed by atoms with Gasteiger partial charge in [0.15, 0.2) is 0 Å². The summed E-state index contributed by atoms with van der Waals surface area (Å²) in [5.41, 5.74) is 4.14. The molecule has 1 aromatic rings. The Balaban J connectivity index is 2.17. The van der Waals surface area contributed by atoms with Gasteiger partial charge in [0.1, 0.15) is 0 Å². The fourth-order valence-electron chi connectivity index (χ4n) is 2.03. The second-order valence-corrected chi connectivity index (χ2v) is 5.00. The number of hydrogen-bond donors (Lipinski definition) is 0. The van der Waals surface area contributed by atoms with Crippen molar-refractivity contribution in [3.8, 4) is 0 Å². The van der Waals surface area contributed by atoms with E-state index in [0.717, 1.165) is 11.4 Å². The van der Waals surface area contributed by atoms with Crippen LogP contribution >= 0.6 is 15.9 Å². The number of anilines is 1. The molecule has 1 aromatic carbocycles. The second-order valence-electron chi connectivity index (χ2n) is 4.44. The highest BCUT2D eigenvalue weighted by Gasteiger charge is 2.22.